The molecule has 2 N–H and O–H groups in total. The molecule has 0 spiro atoms. The van der Waals surface area contributed by atoms with E-state index in [1.54, 1.807) is 0 Å². The summed E-state index contributed by atoms with van der Waals surface area (Å²) in [4.78, 5) is 9.00. The first-order chi connectivity index (χ1) is 11.6. The van der Waals surface area contributed by atoms with E-state index < -0.39 is 0 Å². The fraction of sp³-hybridized carbons (Fsp3) is 0.158. The van der Waals surface area contributed by atoms with Gasteiger partial charge in [-0.15, -0.1) is 0 Å². The predicted octanol–water partition coefficient (Wildman–Crippen LogP) is 5.10. The lowest BCUT2D eigenvalue weighted by Crippen LogP contribution is -2.06. The van der Waals surface area contributed by atoms with E-state index in [0.717, 1.165) is 33.3 Å². The lowest BCUT2D eigenvalue weighted by molar-refractivity contribution is 1.06. The summed E-state index contributed by atoms with van der Waals surface area (Å²) < 4.78 is 0. The molecule has 4 nitrogen and oxygen atoms in total. The maximum atomic E-state index is 5.91. The van der Waals surface area contributed by atoms with Gasteiger partial charge in [-0.2, -0.15) is 4.98 Å². The van der Waals surface area contributed by atoms with Crippen LogP contribution >= 0.6 is 11.6 Å². The number of rotatable bonds is 5. The molecule has 1 heterocycles. The van der Waals surface area contributed by atoms with Gasteiger partial charge in [0.25, 0.3) is 0 Å². The summed E-state index contributed by atoms with van der Waals surface area (Å²) in [7, 11) is 0. The molecule has 0 radical (unpaired) electrons. The first kappa shape index (κ1) is 16.3. The highest BCUT2D eigenvalue weighted by atomic mass is 35.5. The van der Waals surface area contributed by atoms with Crippen molar-refractivity contribution in [3.63, 3.8) is 0 Å². The van der Waals surface area contributed by atoms with Crippen molar-refractivity contribution in [2.24, 2.45) is 0 Å². The first-order valence-corrected chi connectivity index (χ1v) is 8.14. The average molecular weight is 339 g/mol. The van der Waals surface area contributed by atoms with Gasteiger partial charge in [0, 0.05) is 29.0 Å². The van der Waals surface area contributed by atoms with E-state index >= 15 is 0 Å². The van der Waals surface area contributed by atoms with E-state index in [9.17, 15) is 0 Å². The number of nitrogens with zero attached hydrogens (tertiary/aromatic N) is 2. The Hall–Kier alpha value is -2.59. The zero-order valence-electron chi connectivity index (χ0n) is 13.7. The molecule has 0 fully saturated rings. The van der Waals surface area contributed by atoms with Crippen LogP contribution < -0.4 is 10.6 Å². The Morgan fingerprint density at radius 2 is 1.71 bits per heavy atom. The first-order valence-electron chi connectivity index (χ1n) is 7.77. The molecule has 1 aromatic heterocycles. The van der Waals surface area contributed by atoms with Gasteiger partial charge in [0.05, 0.1) is 0 Å². The summed E-state index contributed by atoms with van der Waals surface area (Å²) >= 11 is 5.91. The van der Waals surface area contributed by atoms with Crippen LogP contribution in [0.25, 0.3) is 0 Å². The molecule has 0 saturated carbocycles. The number of hydrogen-bond acceptors (Lipinski definition) is 4. The number of halogens is 1. The van der Waals surface area contributed by atoms with Crippen molar-refractivity contribution in [1.29, 1.82) is 0 Å². The number of aromatic nitrogens is 2. The summed E-state index contributed by atoms with van der Waals surface area (Å²) in [5.74, 6) is 1.37. The molecular formula is C19H19ClN4. The Labute approximate surface area is 146 Å². The molecule has 0 unspecified atom stereocenters. The van der Waals surface area contributed by atoms with Gasteiger partial charge in [0.15, 0.2) is 0 Å². The van der Waals surface area contributed by atoms with E-state index in [1.165, 1.54) is 0 Å². The second-order valence-corrected chi connectivity index (χ2v) is 6.07. The van der Waals surface area contributed by atoms with Gasteiger partial charge in [-0.3, -0.25) is 0 Å². The lowest BCUT2D eigenvalue weighted by Gasteiger charge is -2.11. The topological polar surface area (TPSA) is 49.8 Å². The zero-order chi connectivity index (χ0) is 16.9. The van der Waals surface area contributed by atoms with Gasteiger partial charge in [-0.1, -0.05) is 41.9 Å². The SMILES string of the molecule is Cc1cc(NCc2ccc(Cl)cc2)nc(Nc2ccccc2C)n1. The lowest BCUT2D eigenvalue weighted by atomic mass is 10.2. The molecule has 0 aliphatic heterocycles. The number of para-hydroxylation sites is 1. The molecule has 0 saturated heterocycles. The summed E-state index contributed by atoms with van der Waals surface area (Å²) in [6.07, 6.45) is 0. The van der Waals surface area contributed by atoms with Gasteiger partial charge in [0.1, 0.15) is 5.82 Å². The van der Waals surface area contributed by atoms with E-state index in [-0.39, 0.29) is 0 Å². The van der Waals surface area contributed by atoms with Gasteiger partial charge in [0.2, 0.25) is 5.95 Å². The van der Waals surface area contributed by atoms with Crippen LogP contribution in [-0.4, -0.2) is 9.97 Å². The van der Waals surface area contributed by atoms with Crippen LogP contribution in [0.2, 0.25) is 5.02 Å². The molecule has 2 aromatic carbocycles. The summed E-state index contributed by atoms with van der Waals surface area (Å²) in [6, 6.07) is 17.8. The molecule has 0 bridgehead atoms. The molecule has 0 amide bonds. The average Bonchev–Trinajstić information content (AvgIpc) is 2.56. The smallest absolute Gasteiger partial charge is 0.229 e. The minimum Gasteiger partial charge on any atom is -0.366 e. The maximum absolute atomic E-state index is 5.91. The highest BCUT2D eigenvalue weighted by Gasteiger charge is 2.04. The van der Waals surface area contributed by atoms with Gasteiger partial charge < -0.3 is 10.6 Å². The highest BCUT2D eigenvalue weighted by Crippen LogP contribution is 2.19. The van der Waals surface area contributed by atoms with Crippen molar-refractivity contribution in [3.8, 4) is 0 Å². The number of anilines is 3. The van der Waals surface area contributed by atoms with Crippen molar-refractivity contribution < 1.29 is 0 Å². The van der Waals surface area contributed by atoms with Gasteiger partial charge >= 0.3 is 0 Å². The van der Waals surface area contributed by atoms with Crippen LogP contribution in [0.15, 0.2) is 54.6 Å². The van der Waals surface area contributed by atoms with Crippen molar-refractivity contribution in [2.75, 3.05) is 10.6 Å². The Bertz CT molecular complexity index is 831. The fourth-order valence-electron chi connectivity index (χ4n) is 2.34. The largest absolute Gasteiger partial charge is 0.366 e. The van der Waals surface area contributed by atoms with E-state index in [0.29, 0.717) is 12.5 Å². The molecule has 122 valence electrons. The Kier molecular flexibility index (Phi) is 4.96. The van der Waals surface area contributed by atoms with Crippen LogP contribution in [-0.2, 0) is 6.54 Å². The Balaban J connectivity index is 1.74. The van der Waals surface area contributed by atoms with E-state index in [1.807, 2.05) is 55.5 Å². The third-order valence-electron chi connectivity index (χ3n) is 3.63. The van der Waals surface area contributed by atoms with Crippen LogP contribution in [0.3, 0.4) is 0 Å². The highest BCUT2D eigenvalue weighted by molar-refractivity contribution is 6.30. The maximum Gasteiger partial charge on any atom is 0.229 e. The molecule has 5 heteroatoms. The van der Waals surface area contributed by atoms with Gasteiger partial charge in [-0.25, -0.2) is 4.98 Å². The Morgan fingerprint density at radius 3 is 2.46 bits per heavy atom. The van der Waals surface area contributed by atoms with Crippen LogP contribution in [0, 0.1) is 13.8 Å². The molecular weight excluding hydrogens is 320 g/mol. The molecule has 3 rings (SSSR count). The third-order valence-corrected chi connectivity index (χ3v) is 3.88. The van der Waals surface area contributed by atoms with Crippen LogP contribution in [0.4, 0.5) is 17.5 Å². The Morgan fingerprint density at radius 1 is 0.958 bits per heavy atom. The predicted molar refractivity (Wildman–Crippen MR) is 100 cm³/mol. The normalized spacial score (nSPS) is 10.5. The third kappa shape index (κ3) is 4.24. The molecule has 0 atom stereocenters. The van der Waals surface area contributed by atoms with Crippen molar-refractivity contribution in [2.45, 2.75) is 20.4 Å². The second kappa shape index (κ2) is 7.32. The number of benzene rings is 2. The standard InChI is InChI=1S/C19H19ClN4/c1-13-5-3-4-6-17(13)23-19-22-14(2)11-18(24-19)21-12-15-7-9-16(20)10-8-15/h3-11H,12H2,1-2H3,(H2,21,22,23,24). The van der Waals surface area contributed by atoms with Crippen LogP contribution in [0.1, 0.15) is 16.8 Å². The van der Waals surface area contributed by atoms with Gasteiger partial charge in [-0.05, 0) is 43.2 Å². The van der Waals surface area contributed by atoms with Crippen molar-refractivity contribution in [1.82, 2.24) is 9.97 Å². The quantitative estimate of drug-likeness (QED) is 0.679. The molecule has 0 aliphatic rings. The van der Waals surface area contributed by atoms with Crippen molar-refractivity contribution in [3.05, 3.63) is 76.4 Å². The summed E-state index contributed by atoms with van der Waals surface area (Å²) in [5, 5.41) is 7.34. The summed E-state index contributed by atoms with van der Waals surface area (Å²) in [5.41, 5.74) is 4.20. The molecule has 3 aromatic rings. The monoisotopic (exact) mass is 338 g/mol. The second-order valence-electron chi connectivity index (χ2n) is 5.64. The van der Waals surface area contributed by atoms with Crippen molar-refractivity contribution >= 4 is 29.1 Å². The number of hydrogen-bond donors (Lipinski definition) is 2. The minimum atomic E-state index is 0.586. The number of aryl methyl sites for hydroxylation is 2. The summed E-state index contributed by atoms with van der Waals surface area (Å²) in [6.45, 7) is 4.69. The van der Waals surface area contributed by atoms with E-state index in [2.05, 4.69) is 33.6 Å². The van der Waals surface area contributed by atoms with E-state index in [4.69, 9.17) is 11.6 Å². The molecule has 0 aliphatic carbocycles. The minimum absolute atomic E-state index is 0.586. The zero-order valence-corrected chi connectivity index (χ0v) is 14.4. The van der Waals surface area contributed by atoms with Crippen LogP contribution in [0.5, 0.6) is 0 Å². The number of nitrogens with one attached hydrogen (secondary N) is 2. The molecule has 24 heavy (non-hydrogen) atoms. The fourth-order valence-corrected chi connectivity index (χ4v) is 2.47.